The smallest absolute Gasteiger partial charge is 0.255 e. The van der Waals surface area contributed by atoms with Crippen molar-refractivity contribution < 1.29 is 14.3 Å². The fourth-order valence-electron chi connectivity index (χ4n) is 1.53. The maximum Gasteiger partial charge on any atom is 0.255 e. The van der Waals surface area contributed by atoms with Crippen molar-refractivity contribution in [2.75, 3.05) is 26.9 Å². The normalized spacial score (nSPS) is 10.3. The van der Waals surface area contributed by atoms with Crippen LogP contribution in [0.4, 0.5) is 0 Å². The van der Waals surface area contributed by atoms with E-state index < -0.39 is 0 Å². The van der Waals surface area contributed by atoms with Crippen molar-refractivity contribution in [3.63, 3.8) is 0 Å². The highest BCUT2D eigenvalue weighted by molar-refractivity contribution is 9.10. The molecule has 1 amide bonds. The van der Waals surface area contributed by atoms with Crippen LogP contribution in [0.25, 0.3) is 0 Å². The molecule has 0 heterocycles. The van der Waals surface area contributed by atoms with Crippen molar-refractivity contribution >= 4 is 21.8 Å². The molecule has 0 unspecified atom stereocenters. The van der Waals surface area contributed by atoms with Gasteiger partial charge in [-0.2, -0.15) is 0 Å². The van der Waals surface area contributed by atoms with Crippen molar-refractivity contribution in [1.29, 1.82) is 0 Å². The zero-order valence-corrected chi connectivity index (χ0v) is 13.0. The van der Waals surface area contributed by atoms with Crippen LogP contribution < -0.4 is 10.1 Å². The van der Waals surface area contributed by atoms with Crippen molar-refractivity contribution in [1.82, 2.24) is 5.32 Å². The van der Waals surface area contributed by atoms with E-state index in [1.54, 1.807) is 19.2 Å². The van der Waals surface area contributed by atoms with Crippen LogP contribution in [0, 0.1) is 0 Å². The summed E-state index contributed by atoms with van der Waals surface area (Å²) in [5.74, 6) is 0.405. The average molecular weight is 330 g/mol. The van der Waals surface area contributed by atoms with Crippen LogP contribution in [0.1, 0.15) is 30.1 Å². The molecule has 0 aliphatic rings. The lowest BCUT2D eigenvalue weighted by Gasteiger charge is -2.10. The third kappa shape index (κ3) is 5.61. The number of hydrogen-bond donors (Lipinski definition) is 1. The molecule has 106 valence electrons. The summed E-state index contributed by atoms with van der Waals surface area (Å²) in [7, 11) is 1.55. The van der Waals surface area contributed by atoms with Gasteiger partial charge in [0, 0.05) is 17.6 Å². The number of carbonyl (C=O) groups is 1. The summed E-state index contributed by atoms with van der Waals surface area (Å²) >= 11 is 3.34. The highest BCUT2D eigenvalue weighted by Gasteiger charge is 2.11. The Morgan fingerprint density at radius 3 is 2.84 bits per heavy atom. The van der Waals surface area contributed by atoms with Gasteiger partial charge in [-0.1, -0.05) is 29.3 Å². The minimum absolute atomic E-state index is 0.150. The molecular weight excluding hydrogens is 310 g/mol. The zero-order chi connectivity index (χ0) is 14.1. The molecule has 1 aromatic carbocycles. The molecule has 0 spiro atoms. The summed E-state index contributed by atoms with van der Waals surface area (Å²) in [6, 6.07) is 5.32. The van der Waals surface area contributed by atoms with E-state index >= 15 is 0 Å². The van der Waals surface area contributed by atoms with Gasteiger partial charge in [-0.05, 0) is 24.6 Å². The minimum Gasteiger partial charge on any atom is -0.496 e. The van der Waals surface area contributed by atoms with Crippen LogP contribution in [-0.4, -0.2) is 32.8 Å². The van der Waals surface area contributed by atoms with Gasteiger partial charge in [-0.25, -0.2) is 0 Å². The number of ether oxygens (including phenoxy) is 2. The molecule has 5 heteroatoms. The van der Waals surface area contributed by atoms with E-state index in [1.807, 2.05) is 6.07 Å². The largest absolute Gasteiger partial charge is 0.496 e. The van der Waals surface area contributed by atoms with Crippen LogP contribution in [0.15, 0.2) is 22.7 Å². The van der Waals surface area contributed by atoms with Crippen LogP contribution >= 0.6 is 15.9 Å². The van der Waals surface area contributed by atoms with Gasteiger partial charge in [0.2, 0.25) is 0 Å². The van der Waals surface area contributed by atoms with Gasteiger partial charge in [-0.3, -0.25) is 4.79 Å². The lowest BCUT2D eigenvalue weighted by atomic mass is 10.2. The predicted octanol–water partition coefficient (Wildman–Crippen LogP) is 3.00. The van der Waals surface area contributed by atoms with Crippen molar-refractivity contribution in [3.05, 3.63) is 28.2 Å². The molecule has 0 aliphatic heterocycles. The molecule has 4 nitrogen and oxygen atoms in total. The highest BCUT2D eigenvalue weighted by atomic mass is 79.9. The van der Waals surface area contributed by atoms with Crippen LogP contribution in [-0.2, 0) is 4.74 Å². The van der Waals surface area contributed by atoms with Crippen molar-refractivity contribution in [2.24, 2.45) is 0 Å². The van der Waals surface area contributed by atoms with Crippen LogP contribution in [0.5, 0.6) is 5.75 Å². The Labute approximate surface area is 122 Å². The second-order valence-electron chi connectivity index (χ2n) is 4.07. The van der Waals surface area contributed by atoms with Crippen molar-refractivity contribution in [2.45, 2.75) is 19.8 Å². The second kappa shape index (κ2) is 8.93. The molecule has 0 atom stereocenters. The fourth-order valence-corrected chi connectivity index (χ4v) is 1.87. The van der Waals surface area contributed by atoms with E-state index in [4.69, 9.17) is 9.47 Å². The number of rotatable bonds is 8. The standard InChI is InChI=1S/C14H20BrNO3/c1-3-4-8-19-9-7-16-14(17)12-6-5-11(15)10-13(12)18-2/h5-6,10H,3-4,7-9H2,1-2H3,(H,16,17). The van der Waals surface area contributed by atoms with E-state index in [1.165, 1.54) is 0 Å². The molecular formula is C14H20BrNO3. The number of benzene rings is 1. The van der Waals surface area contributed by atoms with E-state index in [2.05, 4.69) is 28.2 Å². The molecule has 0 saturated heterocycles. The molecule has 1 N–H and O–H groups in total. The molecule has 0 bridgehead atoms. The summed E-state index contributed by atoms with van der Waals surface area (Å²) in [4.78, 5) is 12.0. The summed E-state index contributed by atoms with van der Waals surface area (Å²) in [6.45, 7) is 3.89. The molecule has 0 radical (unpaired) electrons. The fraction of sp³-hybridized carbons (Fsp3) is 0.500. The third-order valence-electron chi connectivity index (χ3n) is 2.58. The summed E-state index contributed by atoms with van der Waals surface area (Å²) in [5.41, 5.74) is 0.527. The molecule has 0 aliphatic carbocycles. The Hall–Kier alpha value is -1.07. The molecule has 19 heavy (non-hydrogen) atoms. The van der Waals surface area contributed by atoms with Crippen LogP contribution in [0.2, 0.25) is 0 Å². The molecule has 0 aromatic heterocycles. The maximum absolute atomic E-state index is 12.0. The number of carbonyl (C=O) groups excluding carboxylic acids is 1. The third-order valence-corrected chi connectivity index (χ3v) is 3.08. The number of halogens is 1. The summed E-state index contributed by atoms with van der Waals surface area (Å²) in [5, 5.41) is 2.81. The molecule has 0 saturated carbocycles. The van der Waals surface area contributed by atoms with Gasteiger partial charge in [0.1, 0.15) is 5.75 Å². The van der Waals surface area contributed by atoms with Gasteiger partial charge >= 0.3 is 0 Å². The monoisotopic (exact) mass is 329 g/mol. The Morgan fingerprint density at radius 2 is 2.16 bits per heavy atom. The number of amides is 1. The first-order valence-corrected chi connectivity index (χ1v) is 7.17. The minimum atomic E-state index is -0.150. The topological polar surface area (TPSA) is 47.6 Å². The summed E-state index contributed by atoms with van der Waals surface area (Å²) in [6.07, 6.45) is 2.16. The number of nitrogens with one attached hydrogen (secondary N) is 1. The summed E-state index contributed by atoms with van der Waals surface area (Å²) < 4.78 is 11.4. The SMILES string of the molecule is CCCCOCCNC(=O)c1ccc(Br)cc1OC. The Kier molecular flexibility index (Phi) is 7.52. The maximum atomic E-state index is 12.0. The van der Waals surface area contributed by atoms with Gasteiger partial charge in [0.15, 0.2) is 0 Å². The first-order chi connectivity index (χ1) is 9.19. The Morgan fingerprint density at radius 1 is 1.37 bits per heavy atom. The van der Waals surface area contributed by atoms with E-state index in [9.17, 15) is 4.79 Å². The van der Waals surface area contributed by atoms with Gasteiger partial charge in [-0.15, -0.1) is 0 Å². The lowest BCUT2D eigenvalue weighted by molar-refractivity contribution is 0.0910. The van der Waals surface area contributed by atoms with Crippen molar-refractivity contribution in [3.8, 4) is 5.75 Å². The first-order valence-electron chi connectivity index (χ1n) is 6.38. The van der Waals surface area contributed by atoms with E-state index in [0.717, 1.165) is 23.9 Å². The quantitative estimate of drug-likeness (QED) is 0.746. The van der Waals surface area contributed by atoms with Gasteiger partial charge < -0.3 is 14.8 Å². The Bertz CT molecular complexity index is 410. The molecule has 1 aromatic rings. The van der Waals surface area contributed by atoms with E-state index in [0.29, 0.717) is 24.5 Å². The van der Waals surface area contributed by atoms with Crippen LogP contribution in [0.3, 0.4) is 0 Å². The predicted molar refractivity (Wildman–Crippen MR) is 78.8 cm³/mol. The molecule has 1 rings (SSSR count). The zero-order valence-electron chi connectivity index (χ0n) is 11.4. The van der Waals surface area contributed by atoms with Gasteiger partial charge in [0.05, 0.1) is 19.3 Å². The highest BCUT2D eigenvalue weighted by Crippen LogP contribution is 2.23. The van der Waals surface area contributed by atoms with E-state index in [-0.39, 0.29) is 5.91 Å². The number of unbranched alkanes of at least 4 members (excludes halogenated alkanes) is 1. The first kappa shape index (κ1) is 16.0. The molecule has 0 fully saturated rings. The number of methoxy groups -OCH3 is 1. The lowest BCUT2D eigenvalue weighted by Crippen LogP contribution is -2.27. The number of hydrogen-bond acceptors (Lipinski definition) is 3. The Balaban J connectivity index is 2.41. The average Bonchev–Trinajstić information content (AvgIpc) is 2.42. The van der Waals surface area contributed by atoms with Gasteiger partial charge in [0.25, 0.3) is 5.91 Å². The second-order valence-corrected chi connectivity index (χ2v) is 4.98.